The van der Waals surface area contributed by atoms with Crippen molar-refractivity contribution in [1.82, 2.24) is 14.7 Å². The SMILES string of the molecule is CC(C1CCN(Cc2c(F)ccc(F)c2Cl)CC1)N1CCN(C)CC1. The van der Waals surface area contributed by atoms with Crippen molar-refractivity contribution in [3.8, 4) is 0 Å². The molecule has 0 amide bonds. The summed E-state index contributed by atoms with van der Waals surface area (Å²) in [4.78, 5) is 7.17. The molecule has 0 aromatic heterocycles. The summed E-state index contributed by atoms with van der Waals surface area (Å²) in [7, 11) is 2.18. The van der Waals surface area contributed by atoms with E-state index in [1.165, 1.54) is 6.07 Å². The summed E-state index contributed by atoms with van der Waals surface area (Å²) >= 11 is 5.96. The van der Waals surface area contributed by atoms with Crippen LogP contribution in [0.5, 0.6) is 0 Å². The summed E-state index contributed by atoms with van der Waals surface area (Å²) in [6, 6.07) is 2.84. The highest BCUT2D eigenvalue weighted by atomic mass is 35.5. The van der Waals surface area contributed by atoms with E-state index in [2.05, 4.69) is 28.7 Å². The molecule has 1 unspecified atom stereocenters. The van der Waals surface area contributed by atoms with Gasteiger partial charge in [-0.25, -0.2) is 8.78 Å². The van der Waals surface area contributed by atoms with E-state index in [0.717, 1.165) is 58.2 Å². The summed E-state index contributed by atoms with van der Waals surface area (Å²) in [5.41, 5.74) is 0.284. The maximum atomic E-state index is 14.0. The first-order chi connectivity index (χ1) is 12.0. The normalized spacial score (nSPS) is 23.1. The van der Waals surface area contributed by atoms with Crippen LogP contribution in [0, 0.1) is 17.6 Å². The largest absolute Gasteiger partial charge is 0.304 e. The van der Waals surface area contributed by atoms with E-state index in [0.29, 0.717) is 18.5 Å². The number of hydrogen-bond donors (Lipinski definition) is 0. The summed E-state index contributed by atoms with van der Waals surface area (Å²) in [5, 5.41) is -0.0760. The van der Waals surface area contributed by atoms with Crippen molar-refractivity contribution in [2.45, 2.75) is 32.4 Å². The van der Waals surface area contributed by atoms with E-state index in [-0.39, 0.29) is 10.6 Å². The van der Waals surface area contributed by atoms with E-state index in [1.54, 1.807) is 0 Å². The van der Waals surface area contributed by atoms with Crippen LogP contribution in [0.25, 0.3) is 0 Å². The number of likely N-dealkylation sites (N-methyl/N-ethyl adjacent to an activating group) is 1. The predicted octanol–water partition coefficient (Wildman–Crippen LogP) is 3.47. The highest BCUT2D eigenvalue weighted by Crippen LogP contribution is 2.28. The Labute approximate surface area is 154 Å². The molecule has 3 nitrogen and oxygen atoms in total. The Bertz CT molecular complexity index is 582. The van der Waals surface area contributed by atoms with E-state index in [9.17, 15) is 8.78 Å². The molecule has 3 rings (SSSR count). The van der Waals surface area contributed by atoms with Gasteiger partial charge in [-0.1, -0.05) is 11.6 Å². The van der Waals surface area contributed by atoms with Gasteiger partial charge >= 0.3 is 0 Å². The Morgan fingerprint density at radius 1 is 1.04 bits per heavy atom. The van der Waals surface area contributed by atoms with Crippen molar-refractivity contribution in [3.05, 3.63) is 34.4 Å². The third-order valence-electron chi connectivity index (χ3n) is 5.95. The maximum absolute atomic E-state index is 14.0. The van der Waals surface area contributed by atoms with Crippen LogP contribution < -0.4 is 0 Å². The lowest BCUT2D eigenvalue weighted by molar-refractivity contribution is 0.0596. The minimum absolute atomic E-state index is 0.0760. The average Bonchev–Trinajstić information content (AvgIpc) is 2.62. The molecule has 2 aliphatic rings. The van der Waals surface area contributed by atoms with Crippen LogP contribution in [-0.2, 0) is 6.54 Å². The molecule has 1 atom stereocenters. The fourth-order valence-corrected chi connectivity index (χ4v) is 4.27. The fourth-order valence-electron chi connectivity index (χ4n) is 4.06. The van der Waals surface area contributed by atoms with Crippen LogP contribution in [0.2, 0.25) is 5.02 Å². The number of nitrogens with zero attached hydrogens (tertiary/aromatic N) is 3. The van der Waals surface area contributed by atoms with E-state index < -0.39 is 11.6 Å². The van der Waals surface area contributed by atoms with Crippen LogP contribution in [-0.4, -0.2) is 67.1 Å². The molecule has 0 N–H and O–H groups in total. The molecule has 0 radical (unpaired) electrons. The van der Waals surface area contributed by atoms with Gasteiger partial charge in [0.05, 0.1) is 5.02 Å². The van der Waals surface area contributed by atoms with Crippen LogP contribution in [0.1, 0.15) is 25.3 Å². The molecule has 1 aromatic rings. The molecule has 25 heavy (non-hydrogen) atoms. The molecular weight excluding hydrogens is 344 g/mol. The lowest BCUT2D eigenvalue weighted by atomic mass is 9.89. The zero-order valence-corrected chi connectivity index (χ0v) is 15.9. The van der Waals surface area contributed by atoms with Crippen molar-refractivity contribution in [2.75, 3.05) is 46.3 Å². The summed E-state index contributed by atoms with van der Waals surface area (Å²) < 4.78 is 27.6. The van der Waals surface area contributed by atoms with Gasteiger partial charge in [0.2, 0.25) is 0 Å². The van der Waals surface area contributed by atoms with Crippen molar-refractivity contribution in [2.24, 2.45) is 5.92 Å². The topological polar surface area (TPSA) is 9.72 Å². The second-order valence-corrected chi connectivity index (χ2v) is 7.89. The van der Waals surface area contributed by atoms with Gasteiger partial charge in [0, 0.05) is 44.3 Å². The monoisotopic (exact) mass is 371 g/mol. The Kier molecular flexibility index (Phi) is 6.31. The van der Waals surface area contributed by atoms with E-state index >= 15 is 0 Å². The molecule has 6 heteroatoms. The standard InChI is InChI=1S/C19H28ClF2N3/c1-14(25-11-9-23(2)10-12-25)15-5-7-24(8-6-15)13-16-17(21)3-4-18(22)19(16)20/h3-4,14-15H,5-13H2,1-2H3. The van der Waals surface area contributed by atoms with E-state index in [1.807, 2.05) is 0 Å². The first kappa shape index (κ1) is 19.0. The molecule has 140 valence electrons. The molecule has 0 spiro atoms. The van der Waals surface area contributed by atoms with Gasteiger partial charge in [0.1, 0.15) is 11.6 Å². The lowest BCUT2D eigenvalue weighted by Gasteiger charge is -2.42. The Hall–Kier alpha value is -0.750. The first-order valence-electron chi connectivity index (χ1n) is 9.23. The van der Waals surface area contributed by atoms with Crippen LogP contribution in [0.4, 0.5) is 8.78 Å². The van der Waals surface area contributed by atoms with Crippen molar-refractivity contribution in [1.29, 1.82) is 0 Å². The molecule has 0 aliphatic carbocycles. The lowest BCUT2D eigenvalue weighted by Crippen LogP contribution is -2.51. The van der Waals surface area contributed by atoms with Crippen LogP contribution >= 0.6 is 11.6 Å². The summed E-state index contributed by atoms with van der Waals surface area (Å²) in [6.45, 7) is 9.11. The van der Waals surface area contributed by atoms with Gasteiger partial charge in [-0.05, 0) is 58.0 Å². The smallest absolute Gasteiger partial charge is 0.142 e. The summed E-state index contributed by atoms with van der Waals surface area (Å²) in [5.74, 6) is -0.288. The van der Waals surface area contributed by atoms with Gasteiger partial charge in [0.25, 0.3) is 0 Å². The number of rotatable bonds is 4. The van der Waals surface area contributed by atoms with Gasteiger partial charge in [-0.2, -0.15) is 0 Å². The third-order valence-corrected chi connectivity index (χ3v) is 6.36. The first-order valence-corrected chi connectivity index (χ1v) is 9.61. The van der Waals surface area contributed by atoms with Gasteiger partial charge < -0.3 is 4.90 Å². The summed E-state index contributed by atoms with van der Waals surface area (Å²) in [6.07, 6.45) is 2.20. The molecular formula is C19H28ClF2N3. The predicted molar refractivity (Wildman–Crippen MR) is 97.9 cm³/mol. The van der Waals surface area contributed by atoms with Crippen LogP contribution in [0.3, 0.4) is 0 Å². The quantitative estimate of drug-likeness (QED) is 0.750. The van der Waals surface area contributed by atoms with Gasteiger partial charge in [-0.3, -0.25) is 9.80 Å². The highest BCUT2D eigenvalue weighted by Gasteiger charge is 2.29. The minimum atomic E-state index is -0.545. The Balaban J connectivity index is 1.53. The zero-order chi connectivity index (χ0) is 18.0. The second-order valence-electron chi connectivity index (χ2n) is 7.52. The number of likely N-dealkylation sites (tertiary alicyclic amines) is 1. The third kappa shape index (κ3) is 4.51. The van der Waals surface area contributed by atoms with Gasteiger partial charge in [-0.15, -0.1) is 0 Å². The van der Waals surface area contributed by atoms with Crippen LogP contribution in [0.15, 0.2) is 12.1 Å². The van der Waals surface area contributed by atoms with Crippen molar-refractivity contribution >= 4 is 11.6 Å². The molecule has 0 saturated carbocycles. The Morgan fingerprint density at radius 2 is 1.64 bits per heavy atom. The van der Waals surface area contributed by atoms with Crippen molar-refractivity contribution < 1.29 is 8.78 Å². The fraction of sp³-hybridized carbons (Fsp3) is 0.684. The zero-order valence-electron chi connectivity index (χ0n) is 15.1. The highest BCUT2D eigenvalue weighted by molar-refractivity contribution is 6.31. The van der Waals surface area contributed by atoms with Gasteiger partial charge in [0.15, 0.2) is 0 Å². The van der Waals surface area contributed by atoms with E-state index in [4.69, 9.17) is 11.6 Å². The number of halogens is 3. The Morgan fingerprint density at radius 3 is 2.28 bits per heavy atom. The molecule has 0 bridgehead atoms. The van der Waals surface area contributed by atoms with Crippen molar-refractivity contribution in [3.63, 3.8) is 0 Å². The minimum Gasteiger partial charge on any atom is -0.304 e. The molecule has 2 heterocycles. The number of benzene rings is 1. The number of piperazine rings is 1. The average molecular weight is 372 g/mol. The number of hydrogen-bond acceptors (Lipinski definition) is 3. The molecule has 1 aromatic carbocycles. The number of piperidine rings is 1. The molecule has 2 fully saturated rings. The maximum Gasteiger partial charge on any atom is 0.142 e. The molecule has 2 saturated heterocycles. The molecule has 2 aliphatic heterocycles. The second kappa shape index (κ2) is 8.30.